The van der Waals surface area contributed by atoms with Crippen molar-refractivity contribution in [2.24, 2.45) is 5.92 Å². The van der Waals surface area contributed by atoms with Crippen molar-refractivity contribution in [1.29, 1.82) is 0 Å². The van der Waals surface area contributed by atoms with Crippen molar-refractivity contribution >= 4 is 5.78 Å². The highest BCUT2D eigenvalue weighted by Gasteiger charge is 2.22. The topological polar surface area (TPSA) is 26.3 Å². The molecule has 2 nitrogen and oxygen atoms in total. The molecule has 0 heterocycles. The Balaban J connectivity index is 3.00. The summed E-state index contributed by atoms with van der Waals surface area (Å²) in [7, 11) is 1.40. The Morgan fingerprint density at radius 1 is 1.28 bits per heavy atom. The first-order valence-corrected chi connectivity index (χ1v) is 6.52. The van der Waals surface area contributed by atoms with Crippen molar-refractivity contribution < 1.29 is 13.9 Å². The Kier molecular flexibility index (Phi) is 5.83. The summed E-state index contributed by atoms with van der Waals surface area (Å²) in [5, 5.41) is 0. The van der Waals surface area contributed by atoms with Gasteiger partial charge in [-0.15, -0.1) is 0 Å². The van der Waals surface area contributed by atoms with Crippen LogP contribution in [0.1, 0.15) is 49.9 Å². The van der Waals surface area contributed by atoms with Gasteiger partial charge in [0, 0.05) is 5.92 Å². The fourth-order valence-corrected chi connectivity index (χ4v) is 2.18. The number of Topliss-reactive ketones (excluding diaryl/α,β-unsaturated/α-hetero) is 1. The minimum absolute atomic E-state index is 0.0818. The fourth-order valence-electron chi connectivity index (χ4n) is 2.18. The van der Waals surface area contributed by atoms with Crippen LogP contribution in [0.3, 0.4) is 0 Å². The van der Waals surface area contributed by atoms with Gasteiger partial charge in [0.05, 0.1) is 12.7 Å². The molecule has 1 rings (SSSR count). The number of methoxy groups -OCH3 is 1. The normalized spacial score (nSPS) is 10.7. The van der Waals surface area contributed by atoms with Crippen LogP contribution in [0.15, 0.2) is 18.2 Å². The van der Waals surface area contributed by atoms with Crippen LogP contribution < -0.4 is 4.74 Å². The SMILES string of the molecule is CCCC(CCC)C(=O)c1cccc(OC)c1F. The van der Waals surface area contributed by atoms with Crippen LogP contribution in [-0.4, -0.2) is 12.9 Å². The highest BCUT2D eigenvalue weighted by atomic mass is 19.1. The maximum absolute atomic E-state index is 14.0. The van der Waals surface area contributed by atoms with E-state index in [4.69, 9.17) is 4.74 Å². The molecule has 18 heavy (non-hydrogen) atoms. The number of halogens is 1. The molecule has 1 aromatic carbocycles. The van der Waals surface area contributed by atoms with Gasteiger partial charge in [-0.1, -0.05) is 32.8 Å². The van der Waals surface area contributed by atoms with Crippen molar-refractivity contribution in [1.82, 2.24) is 0 Å². The Morgan fingerprint density at radius 2 is 1.89 bits per heavy atom. The quantitative estimate of drug-likeness (QED) is 0.679. The molecule has 0 N–H and O–H groups in total. The van der Waals surface area contributed by atoms with Gasteiger partial charge in [0.1, 0.15) is 0 Å². The number of benzene rings is 1. The van der Waals surface area contributed by atoms with Gasteiger partial charge in [0.15, 0.2) is 17.3 Å². The van der Waals surface area contributed by atoms with Gasteiger partial charge < -0.3 is 4.74 Å². The molecular weight excluding hydrogens is 231 g/mol. The lowest BCUT2D eigenvalue weighted by Gasteiger charge is -2.15. The minimum atomic E-state index is -0.540. The van der Waals surface area contributed by atoms with Gasteiger partial charge in [-0.25, -0.2) is 4.39 Å². The van der Waals surface area contributed by atoms with Crippen molar-refractivity contribution in [3.63, 3.8) is 0 Å². The molecule has 0 fully saturated rings. The predicted molar refractivity (Wildman–Crippen MR) is 70.6 cm³/mol. The first kappa shape index (κ1) is 14.7. The second-order valence-corrected chi connectivity index (χ2v) is 4.46. The van der Waals surface area contributed by atoms with Crippen LogP contribution in [0.5, 0.6) is 5.75 Å². The standard InChI is InChI=1S/C15H21FO2/c1-4-7-11(8-5-2)15(17)12-9-6-10-13(18-3)14(12)16/h6,9-11H,4-5,7-8H2,1-3H3. The number of carbonyl (C=O) groups is 1. The first-order valence-electron chi connectivity index (χ1n) is 6.52. The number of carbonyl (C=O) groups excluding carboxylic acids is 1. The molecule has 0 aliphatic heterocycles. The average Bonchev–Trinajstić information content (AvgIpc) is 2.38. The molecule has 0 aliphatic carbocycles. The van der Waals surface area contributed by atoms with Gasteiger partial charge in [0.25, 0.3) is 0 Å². The van der Waals surface area contributed by atoms with Crippen LogP contribution in [-0.2, 0) is 0 Å². The summed E-state index contributed by atoms with van der Waals surface area (Å²) in [6.45, 7) is 4.08. The van der Waals surface area contributed by atoms with Crippen LogP contribution in [0.4, 0.5) is 4.39 Å². The summed E-state index contributed by atoms with van der Waals surface area (Å²) in [5.41, 5.74) is 0.154. The van der Waals surface area contributed by atoms with E-state index in [1.807, 2.05) is 13.8 Å². The number of ether oxygens (including phenoxy) is 1. The Labute approximate surface area is 108 Å². The minimum Gasteiger partial charge on any atom is -0.494 e. The van der Waals surface area contributed by atoms with Crippen molar-refractivity contribution in [3.05, 3.63) is 29.6 Å². The average molecular weight is 252 g/mol. The zero-order valence-electron chi connectivity index (χ0n) is 11.3. The Morgan fingerprint density at radius 3 is 2.39 bits per heavy atom. The Hall–Kier alpha value is -1.38. The second kappa shape index (κ2) is 7.14. The molecule has 0 radical (unpaired) electrons. The second-order valence-electron chi connectivity index (χ2n) is 4.46. The zero-order valence-corrected chi connectivity index (χ0v) is 11.3. The number of rotatable bonds is 7. The number of hydrogen-bond donors (Lipinski definition) is 0. The third-order valence-corrected chi connectivity index (χ3v) is 3.09. The van der Waals surface area contributed by atoms with E-state index in [9.17, 15) is 9.18 Å². The molecule has 0 spiro atoms. The van der Waals surface area contributed by atoms with Crippen molar-refractivity contribution in [2.45, 2.75) is 39.5 Å². The molecule has 0 bridgehead atoms. The lowest BCUT2D eigenvalue weighted by Crippen LogP contribution is -2.16. The molecule has 0 aliphatic rings. The summed E-state index contributed by atoms with van der Waals surface area (Å²) in [4.78, 5) is 12.3. The highest BCUT2D eigenvalue weighted by molar-refractivity contribution is 5.98. The fraction of sp³-hybridized carbons (Fsp3) is 0.533. The van der Waals surface area contributed by atoms with E-state index in [1.165, 1.54) is 13.2 Å². The van der Waals surface area contributed by atoms with E-state index >= 15 is 0 Å². The molecule has 100 valence electrons. The van der Waals surface area contributed by atoms with Crippen molar-refractivity contribution in [3.8, 4) is 5.75 Å². The van der Waals surface area contributed by atoms with E-state index in [0.29, 0.717) is 0 Å². The molecule has 0 aromatic heterocycles. The van der Waals surface area contributed by atoms with E-state index in [-0.39, 0.29) is 23.0 Å². The molecule has 0 saturated heterocycles. The summed E-state index contributed by atoms with van der Waals surface area (Å²) >= 11 is 0. The Bertz CT molecular complexity index is 395. The van der Waals surface area contributed by atoms with Gasteiger partial charge >= 0.3 is 0 Å². The van der Waals surface area contributed by atoms with Gasteiger partial charge in [-0.05, 0) is 25.0 Å². The molecule has 0 unspecified atom stereocenters. The van der Waals surface area contributed by atoms with E-state index in [1.54, 1.807) is 12.1 Å². The lowest BCUT2D eigenvalue weighted by molar-refractivity contribution is 0.0900. The lowest BCUT2D eigenvalue weighted by atomic mass is 9.89. The predicted octanol–water partition coefficient (Wildman–Crippen LogP) is 4.23. The van der Waals surface area contributed by atoms with Gasteiger partial charge in [0.2, 0.25) is 0 Å². The molecule has 3 heteroatoms. The molecule has 0 atom stereocenters. The zero-order chi connectivity index (χ0) is 13.5. The smallest absolute Gasteiger partial charge is 0.175 e. The van der Waals surface area contributed by atoms with Crippen LogP contribution in [0, 0.1) is 11.7 Å². The van der Waals surface area contributed by atoms with E-state index in [2.05, 4.69) is 0 Å². The maximum atomic E-state index is 14.0. The molecule has 1 aromatic rings. The number of ketones is 1. The number of hydrogen-bond acceptors (Lipinski definition) is 2. The van der Waals surface area contributed by atoms with Crippen LogP contribution in [0.25, 0.3) is 0 Å². The summed E-state index contributed by atoms with van der Waals surface area (Å²) in [6.07, 6.45) is 3.48. The molecular formula is C15H21FO2. The van der Waals surface area contributed by atoms with Crippen LogP contribution >= 0.6 is 0 Å². The van der Waals surface area contributed by atoms with Crippen molar-refractivity contribution in [2.75, 3.05) is 7.11 Å². The highest BCUT2D eigenvalue weighted by Crippen LogP contribution is 2.25. The third-order valence-electron chi connectivity index (χ3n) is 3.09. The molecule has 0 amide bonds. The first-order chi connectivity index (χ1) is 8.65. The largest absolute Gasteiger partial charge is 0.494 e. The van der Waals surface area contributed by atoms with Gasteiger partial charge in [-0.2, -0.15) is 0 Å². The maximum Gasteiger partial charge on any atom is 0.175 e. The third kappa shape index (κ3) is 3.31. The van der Waals surface area contributed by atoms with E-state index < -0.39 is 5.82 Å². The summed E-state index contributed by atoms with van der Waals surface area (Å²) in [6, 6.07) is 4.73. The molecule has 0 saturated carbocycles. The summed E-state index contributed by atoms with van der Waals surface area (Å²) < 4.78 is 18.9. The monoisotopic (exact) mass is 252 g/mol. The summed E-state index contributed by atoms with van der Waals surface area (Å²) in [5.74, 6) is -0.591. The van der Waals surface area contributed by atoms with E-state index in [0.717, 1.165) is 25.7 Å². The van der Waals surface area contributed by atoms with Crippen LogP contribution in [0.2, 0.25) is 0 Å². The van der Waals surface area contributed by atoms with Gasteiger partial charge in [-0.3, -0.25) is 4.79 Å².